The number of likely N-dealkylation sites (tertiary alicyclic amines) is 1. The van der Waals surface area contributed by atoms with Crippen LogP contribution in [-0.2, 0) is 4.74 Å². The molecule has 1 aromatic carbocycles. The molecule has 4 heterocycles. The first-order valence-electron chi connectivity index (χ1n) is 10.8. The molecule has 32 heavy (non-hydrogen) atoms. The van der Waals surface area contributed by atoms with E-state index < -0.39 is 0 Å². The van der Waals surface area contributed by atoms with Gasteiger partial charge in [0.05, 0.1) is 18.3 Å². The van der Waals surface area contributed by atoms with Gasteiger partial charge in [-0.25, -0.2) is 4.98 Å². The Hall–Kier alpha value is -3.36. The van der Waals surface area contributed by atoms with E-state index in [0.29, 0.717) is 46.2 Å². The molecule has 1 aliphatic rings. The van der Waals surface area contributed by atoms with E-state index in [4.69, 9.17) is 13.9 Å². The van der Waals surface area contributed by atoms with E-state index in [-0.39, 0.29) is 0 Å². The highest BCUT2D eigenvalue weighted by atomic mass is 16.5. The Morgan fingerprint density at radius 2 is 2.19 bits per heavy atom. The molecule has 0 bridgehead atoms. The normalized spacial score (nSPS) is 17.5. The van der Waals surface area contributed by atoms with Crippen molar-refractivity contribution in [3.8, 4) is 17.2 Å². The third-order valence-corrected chi connectivity index (χ3v) is 6.00. The number of aromatic nitrogens is 2. The third kappa shape index (κ3) is 4.06. The van der Waals surface area contributed by atoms with E-state index in [2.05, 4.69) is 15.0 Å². The van der Waals surface area contributed by atoms with Crippen LogP contribution in [0, 0.1) is 0 Å². The molecule has 1 N–H and O–H groups in total. The average molecular weight is 434 g/mol. The van der Waals surface area contributed by atoms with Gasteiger partial charge >= 0.3 is 0 Å². The summed E-state index contributed by atoms with van der Waals surface area (Å²) >= 11 is 0. The van der Waals surface area contributed by atoms with E-state index in [1.807, 2.05) is 47.0 Å². The molecule has 0 unspecified atom stereocenters. The molecule has 166 valence electrons. The summed E-state index contributed by atoms with van der Waals surface area (Å²) in [6.07, 6.45) is 6.03. The van der Waals surface area contributed by atoms with Gasteiger partial charge in [-0.05, 0) is 55.8 Å². The molecule has 1 atom stereocenters. The summed E-state index contributed by atoms with van der Waals surface area (Å²) < 4.78 is 19.3. The molecule has 4 aromatic rings. The molecule has 0 spiro atoms. The summed E-state index contributed by atoms with van der Waals surface area (Å²) in [5, 5.41) is 14.2. The van der Waals surface area contributed by atoms with E-state index >= 15 is 0 Å². The Kier molecular flexibility index (Phi) is 5.79. The standard InChI is InChI=1S/C24H26N4O4/c1-30-15-18-5-3-8-27(18)10-11-31-19-6-7-23-20(13-19)21(26-29)14-24(32-23)22-12-17-4-2-9-28(17)16-25-22/h2,4,6-7,9,12-14,16,18,29H,3,5,8,10-11,15H2,1H3/b26-21+/t18-/m1/s1. The van der Waals surface area contributed by atoms with Gasteiger partial charge in [-0.15, -0.1) is 0 Å². The van der Waals surface area contributed by atoms with Crippen LogP contribution in [0.4, 0.5) is 0 Å². The lowest BCUT2D eigenvalue weighted by atomic mass is 10.2. The molecule has 5 rings (SSSR count). The largest absolute Gasteiger partial charge is 0.492 e. The Morgan fingerprint density at radius 1 is 1.25 bits per heavy atom. The maximum atomic E-state index is 9.64. The zero-order valence-electron chi connectivity index (χ0n) is 18.0. The van der Waals surface area contributed by atoms with Gasteiger partial charge in [0.2, 0.25) is 0 Å². The molecular formula is C24H26N4O4. The van der Waals surface area contributed by atoms with Crippen LogP contribution in [0.15, 0.2) is 64.6 Å². The Labute approximate surface area is 185 Å². The van der Waals surface area contributed by atoms with Crippen molar-refractivity contribution in [3.05, 3.63) is 60.3 Å². The SMILES string of the molecule is COC[C@H]1CCCN1CCOc1ccc2oc(-c3cc4cccn4cn3)c/c(=N\O)c2c1. The quantitative estimate of drug-likeness (QED) is 0.354. The fraction of sp³-hybridized carbons (Fsp3) is 0.333. The highest BCUT2D eigenvalue weighted by Crippen LogP contribution is 2.25. The van der Waals surface area contributed by atoms with Crippen molar-refractivity contribution in [2.24, 2.45) is 5.16 Å². The van der Waals surface area contributed by atoms with Crippen LogP contribution >= 0.6 is 0 Å². The van der Waals surface area contributed by atoms with Crippen LogP contribution in [0.1, 0.15) is 12.8 Å². The number of hydrogen-bond acceptors (Lipinski definition) is 7. The molecule has 0 radical (unpaired) electrons. The molecule has 3 aromatic heterocycles. The maximum Gasteiger partial charge on any atom is 0.155 e. The minimum Gasteiger partial charge on any atom is -0.492 e. The molecule has 1 fully saturated rings. The Morgan fingerprint density at radius 3 is 3.06 bits per heavy atom. The number of methoxy groups -OCH3 is 1. The van der Waals surface area contributed by atoms with E-state index in [9.17, 15) is 5.21 Å². The van der Waals surface area contributed by atoms with Crippen LogP contribution in [0.5, 0.6) is 5.75 Å². The van der Waals surface area contributed by atoms with Gasteiger partial charge in [-0.1, -0.05) is 5.16 Å². The molecule has 1 aliphatic heterocycles. The van der Waals surface area contributed by atoms with Crippen molar-refractivity contribution < 1.29 is 19.1 Å². The first kappa shape index (κ1) is 20.5. The number of benzene rings is 1. The summed E-state index contributed by atoms with van der Waals surface area (Å²) in [6, 6.07) is 13.6. The van der Waals surface area contributed by atoms with E-state index in [1.165, 1.54) is 12.8 Å². The summed E-state index contributed by atoms with van der Waals surface area (Å²) in [7, 11) is 1.75. The van der Waals surface area contributed by atoms with Crippen molar-refractivity contribution in [2.75, 3.05) is 33.4 Å². The van der Waals surface area contributed by atoms with Gasteiger partial charge in [-0.3, -0.25) is 4.90 Å². The minimum atomic E-state index is 0.406. The predicted molar refractivity (Wildman–Crippen MR) is 120 cm³/mol. The van der Waals surface area contributed by atoms with Gasteiger partial charge < -0.3 is 23.5 Å². The van der Waals surface area contributed by atoms with Gasteiger partial charge in [0.25, 0.3) is 0 Å². The zero-order valence-corrected chi connectivity index (χ0v) is 18.0. The van der Waals surface area contributed by atoms with Crippen molar-refractivity contribution in [1.82, 2.24) is 14.3 Å². The topological polar surface area (TPSA) is 84.7 Å². The number of hydrogen-bond donors (Lipinski definition) is 1. The molecule has 0 saturated carbocycles. The monoisotopic (exact) mass is 434 g/mol. The second kappa shape index (κ2) is 9.02. The van der Waals surface area contributed by atoms with Crippen molar-refractivity contribution in [2.45, 2.75) is 18.9 Å². The number of rotatable bonds is 7. The molecule has 0 amide bonds. The van der Waals surface area contributed by atoms with Crippen LogP contribution in [0.2, 0.25) is 0 Å². The number of nitrogens with zero attached hydrogens (tertiary/aromatic N) is 4. The first-order chi connectivity index (χ1) is 15.7. The summed E-state index contributed by atoms with van der Waals surface area (Å²) in [4.78, 5) is 6.87. The smallest absolute Gasteiger partial charge is 0.155 e. The van der Waals surface area contributed by atoms with Crippen molar-refractivity contribution >= 4 is 16.5 Å². The van der Waals surface area contributed by atoms with Crippen LogP contribution < -0.4 is 10.1 Å². The second-order valence-corrected chi connectivity index (χ2v) is 8.00. The Bertz CT molecular complexity index is 1300. The Balaban J connectivity index is 1.36. The highest BCUT2D eigenvalue weighted by Gasteiger charge is 2.23. The lowest BCUT2D eigenvalue weighted by Gasteiger charge is -2.23. The van der Waals surface area contributed by atoms with Gasteiger partial charge in [0.1, 0.15) is 29.0 Å². The van der Waals surface area contributed by atoms with Crippen LogP contribution in [-0.4, -0.2) is 58.9 Å². The molecule has 8 nitrogen and oxygen atoms in total. The van der Waals surface area contributed by atoms with Gasteiger partial charge in [-0.2, -0.15) is 0 Å². The third-order valence-electron chi connectivity index (χ3n) is 6.00. The lowest BCUT2D eigenvalue weighted by Crippen LogP contribution is -2.35. The fourth-order valence-electron chi connectivity index (χ4n) is 4.37. The van der Waals surface area contributed by atoms with E-state index in [1.54, 1.807) is 19.5 Å². The highest BCUT2D eigenvalue weighted by molar-refractivity contribution is 5.80. The molecule has 8 heteroatoms. The van der Waals surface area contributed by atoms with Gasteiger partial charge in [0.15, 0.2) is 5.76 Å². The minimum absolute atomic E-state index is 0.406. The summed E-state index contributed by atoms with van der Waals surface area (Å²) in [6.45, 7) is 3.26. The van der Waals surface area contributed by atoms with Crippen LogP contribution in [0.3, 0.4) is 0 Å². The first-order valence-corrected chi connectivity index (χ1v) is 10.8. The van der Waals surface area contributed by atoms with Crippen molar-refractivity contribution in [3.63, 3.8) is 0 Å². The zero-order chi connectivity index (χ0) is 21.9. The van der Waals surface area contributed by atoms with Gasteiger partial charge in [0, 0.05) is 37.5 Å². The summed E-state index contributed by atoms with van der Waals surface area (Å²) in [5.41, 5.74) is 2.27. The van der Waals surface area contributed by atoms with E-state index in [0.717, 1.165) is 25.2 Å². The molecular weight excluding hydrogens is 408 g/mol. The van der Waals surface area contributed by atoms with Crippen molar-refractivity contribution in [1.29, 1.82) is 0 Å². The lowest BCUT2D eigenvalue weighted by molar-refractivity contribution is 0.105. The fourth-order valence-corrected chi connectivity index (χ4v) is 4.37. The average Bonchev–Trinajstić information content (AvgIpc) is 3.47. The van der Waals surface area contributed by atoms with Crippen LogP contribution in [0.25, 0.3) is 27.9 Å². The predicted octanol–water partition coefficient (Wildman–Crippen LogP) is 3.53. The summed E-state index contributed by atoms with van der Waals surface area (Å²) in [5.74, 6) is 1.24. The molecule has 1 saturated heterocycles. The maximum absolute atomic E-state index is 9.64. The number of fused-ring (bicyclic) bond motifs is 2. The number of ether oxygens (including phenoxy) is 2. The molecule has 0 aliphatic carbocycles. The second-order valence-electron chi connectivity index (χ2n) is 8.00.